The van der Waals surface area contributed by atoms with Gasteiger partial charge >= 0.3 is 0 Å². The van der Waals surface area contributed by atoms with Crippen LogP contribution in [0.3, 0.4) is 0 Å². The molecule has 3 aliphatic rings. The largest absolute Gasteiger partial charge is 0.351 e. The molecule has 2 saturated heterocycles. The molecule has 1 saturated carbocycles. The zero-order valence-electron chi connectivity index (χ0n) is 19.5. The van der Waals surface area contributed by atoms with Gasteiger partial charge in [0, 0.05) is 80.8 Å². The molecule has 3 fully saturated rings. The third-order valence-electron chi connectivity index (χ3n) is 7.24. The van der Waals surface area contributed by atoms with Gasteiger partial charge in [-0.05, 0) is 51.0 Å². The van der Waals surface area contributed by atoms with Crippen molar-refractivity contribution in [2.45, 2.75) is 32.7 Å². The SMILES string of the molecule is CC(C)N1CCN(C(=O)c2ccc3[nH]c(C(=O)N4CCN(C(=O)C5CC5)CC4)cc3c2)CC1. The van der Waals surface area contributed by atoms with Crippen LogP contribution >= 0.6 is 0 Å². The number of aromatic amines is 1. The second kappa shape index (κ2) is 8.82. The number of fused-ring (bicyclic) bond motifs is 1. The molecule has 2 aromatic rings. The van der Waals surface area contributed by atoms with Gasteiger partial charge in [0.25, 0.3) is 11.8 Å². The summed E-state index contributed by atoms with van der Waals surface area (Å²) in [5.74, 6) is 0.459. The molecule has 3 heterocycles. The first-order valence-corrected chi connectivity index (χ1v) is 12.1. The zero-order valence-corrected chi connectivity index (χ0v) is 19.5. The van der Waals surface area contributed by atoms with E-state index in [1.165, 1.54) is 0 Å². The highest BCUT2D eigenvalue weighted by atomic mass is 16.2. The summed E-state index contributed by atoms with van der Waals surface area (Å²) in [6.07, 6.45) is 2.01. The minimum absolute atomic E-state index is 0.0471. The fraction of sp³-hybridized carbons (Fsp3) is 0.560. The van der Waals surface area contributed by atoms with Crippen molar-refractivity contribution < 1.29 is 14.4 Å². The Labute approximate surface area is 194 Å². The summed E-state index contributed by atoms with van der Waals surface area (Å²) in [6, 6.07) is 7.94. The molecule has 0 bridgehead atoms. The molecule has 5 rings (SSSR count). The molecule has 8 heteroatoms. The van der Waals surface area contributed by atoms with Crippen LogP contribution in [0, 0.1) is 5.92 Å². The van der Waals surface area contributed by atoms with Gasteiger partial charge in [-0.15, -0.1) is 0 Å². The van der Waals surface area contributed by atoms with Crippen LogP contribution in [0.25, 0.3) is 10.9 Å². The average Bonchev–Trinajstić information content (AvgIpc) is 3.61. The highest BCUT2D eigenvalue weighted by Gasteiger charge is 2.35. The fourth-order valence-electron chi connectivity index (χ4n) is 4.89. The lowest BCUT2D eigenvalue weighted by Gasteiger charge is -2.37. The molecule has 1 aliphatic carbocycles. The normalized spacial score (nSPS) is 20.0. The zero-order chi connectivity index (χ0) is 23.1. The average molecular weight is 452 g/mol. The first kappa shape index (κ1) is 21.9. The van der Waals surface area contributed by atoms with Gasteiger partial charge in [-0.1, -0.05) is 0 Å². The van der Waals surface area contributed by atoms with Crippen molar-refractivity contribution in [3.8, 4) is 0 Å². The van der Waals surface area contributed by atoms with Crippen LogP contribution in [0.15, 0.2) is 24.3 Å². The summed E-state index contributed by atoms with van der Waals surface area (Å²) in [7, 11) is 0. The summed E-state index contributed by atoms with van der Waals surface area (Å²) >= 11 is 0. The van der Waals surface area contributed by atoms with E-state index in [-0.39, 0.29) is 23.6 Å². The number of piperazine rings is 2. The number of hydrogen-bond acceptors (Lipinski definition) is 4. The molecule has 0 unspecified atom stereocenters. The maximum Gasteiger partial charge on any atom is 0.270 e. The number of rotatable bonds is 4. The second-order valence-electron chi connectivity index (χ2n) is 9.80. The molecule has 1 aromatic carbocycles. The third-order valence-corrected chi connectivity index (χ3v) is 7.24. The summed E-state index contributed by atoms with van der Waals surface area (Å²) in [5, 5.41) is 0.868. The van der Waals surface area contributed by atoms with Crippen molar-refractivity contribution in [1.29, 1.82) is 0 Å². The van der Waals surface area contributed by atoms with Gasteiger partial charge in [0.1, 0.15) is 5.69 Å². The monoisotopic (exact) mass is 451 g/mol. The van der Waals surface area contributed by atoms with Crippen LogP contribution in [0.5, 0.6) is 0 Å². The number of amides is 3. The van der Waals surface area contributed by atoms with Crippen LogP contribution in [0.4, 0.5) is 0 Å². The smallest absolute Gasteiger partial charge is 0.270 e. The Morgan fingerprint density at radius 3 is 2.06 bits per heavy atom. The number of nitrogens with one attached hydrogen (secondary N) is 1. The van der Waals surface area contributed by atoms with E-state index in [1.54, 1.807) is 0 Å². The van der Waals surface area contributed by atoms with Crippen LogP contribution in [0.2, 0.25) is 0 Å². The number of carbonyl (C=O) groups excluding carboxylic acids is 3. The predicted molar refractivity (Wildman–Crippen MR) is 126 cm³/mol. The minimum Gasteiger partial charge on any atom is -0.351 e. The van der Waals surface area contributed by atoms with E-state index in [1.807, 2.05) is 39.0 Å². The molecule has 176 valence electrons. The van der Waals surface area contributed by atoms with Crippen LogP contribution in [0.1, 0.15) is 47.5 Å². The molecule has 0 spiro atoms. The standard InChI is InChI=1S/C25H33N5O3/c1-17(2)27-7-9-29(10-8-27)24(32)19-5-6-21-20(15-19)16-22(26-21)25(33)30-13-11-28(12-14-30)23(31)18-3-4-18/h5-6,15-18,26H,3-4,7-14H2,1-2H3. The quantitative estimate of drug-likeness (QED) is 0.772. The Morgan fingerprint density at radius 1 is 0.818 bits per heavy atom. The van der Waals surface area contributed by atoms with E-state index in [2.05, 4.69) is 23.7 Å². The summed E-state index contributed by atoms with van der Waals surface area (Å²) < 4.78 is 0. The molecule has 1 N–H and O–H groups in total. The Bertz CT molecular complexity index is 1060. The molecule has 0 radical (unpaired) electrons. The first-order chi connectivity index (χ1) is 15.9. The molecular formula is C25H33N5O3. The van der Waals surface area contributed by atoms with E-state index >= 15 is 0 Å². The van der Waals surface area contributed by atoms with Crippen LogP contribution in [-0.2, 0) is 4.79 Å². The van der Waals surface area contributed by atoms with Crippen molar-refractivity contribution in [1.82, 2.24) is 24.6 Å². The van der Waals surface area contributed by atoms with Crippen LogP contribution in [-0.4, -0.2) is 101 Å². The van der Waals surface area contributed by atoms with Gasteiger partial charge in [-0.25, -0.2) is 0 Å². The third kappa shape index (κ3) is 4.49. The minimum atomic E-state index is -0.0533. The Balaban J connectivity index is 1.23. The Hall–Kier alpha value is -2.87. The van der Waals surface area contributed by atoms with E-state index in [9.17, 15) is 14.4 Å². The van der Waals surface area contributed by atoms with E-state index in [0.717, 1.165) is 49.9 Å². The summed E-state index contributed by atoms with van der Waals surface area (Å²) in [4.78, 5) is 49.6. The van der Waals surface area contributed by atoms with Crippen LogP contribution < -0.4 is 0 Å². The maximum absolute atomic E-state index is 13.1. The molecule has 33 heavy (non-hydrogen) atoms. The number of aromatic nitrogens is 1. The highest BCUT2D eigenvalue weighted by molar-refractivity contribution is 6.02. The molecule has 1 aromatic heterocycles. The van der Waals surface area contributed by atoms with Crippen molar-refractivity contribution >= 4 is 28.6 Å². The van der Waals surface area contributed by atoms with Gasteiger partial charge < -0.3 is 19.7 Å². The number of H-pyrrole nitrogens is 1. The fourth-order valence-corrected chi connectivity index (χ4v) is 4.89. The molecule has 8 nitrogen and oxygen atoms in total. The van der Waals surface area contributed by atoms with Crippen molar-refractivity contribution in [3.05, 3.63) is 35.5 Å². The molecule has 3 amide bonds. The number of carbonyl (C=O) groups is 3. The van der Waals surface area contributed by atoms with Crippen molar-refractivity contribution in [2.24, 2.45) is 5.92 Å². The lowest BCUT2D eigenvalue weighted by atomic mass is 10.1. The molecular weight excluding hydrogens is 418 g/mol. The lowest BCUT2D eigenvalue weighted by molar-refractivity contribution is -0.134. The topological polar surface area (TPSA) is 80.0 Å². The van der Waals surface area contributed by atoms with Gasteiger partial charge in [-0.2, -0.15) is 0 Å². The van der Waals surface area contributed by atoms with E-state index in [0.29, 0.717) is 43.5 Å². The van der Waals surface area contributed by atoms with Gasteiger partial charge in [0.05, 0.1) is 0 Å². The van der Waals surface area contributed by atoms with E-state index in [4.69, 9.17) is 0 Å². The van der Waals surface area contributed by atoms with Gasteiger partial charge in [0.15, 0.2) is 0 Å². The van der Waals surface area contributed by atoms with Gasteiger partial charge in [-0.3, -0.25) is 19.3 Å². The number of benzene rings is 1. The number of hydrogen-bond donors (Lipinski definition) is 1. The predicted octanol–water partition coefficient (Wildman–Crippen LogP) is 2.03. The first-order valence-electron chi connectivity index (χ1n) is 12.1. The molecule has 0 atom stereocenters. The highest BCUT2D eigenvalue weighted by Crippen LogP contribution is 2.31. The maximum atomic E-state index is 13.1. The summed E-state index contributed by atoms with van der Waals surface area (Å²) in [5.41, 5.74) is 2.04. The lowest BCUT2D eigenvalue weighted by Crippen LogP contribution is -2.51. The van der Waals surface area contributed by atoms with Crippen molar-refractivity contribution in [2.75, 3.05) is 52.4 Å². The van der Waals surface area contributed by atoms with E-state index < -0.39 is 0 Å². The summed E-state index contributed by atoms with van der Waals surface area (Å²) in [6.45, 7) is 9.95. The number of nitrogens with zero attached hydrogens (tertiary/aromatic N) is 4. The Morgan fingerprint density at radius 2 is 1.42 bits per heavy atom. The second-order valence-corrected chi connectivity index (χ2v) is 9.80. The van der Waals surface area contributed by atoms with Gasteiger partial charge in [0.2, 0.25) is 5.91 Å². The molecule has 2 aliphatic heterocycles. The Kier molecular flexibility index (Phi) is 5.86. The van der Waals surface area contributed by atoms with Crippen molar-refractivity contribution in [3.63, 3.8) is 0 Å².